The lowest BCUT2D eigenvalue weighted by molar-refractivity contribution is 0.144. The fourth-order valence-electron chi connectivity index (χ4n) is 0.444. The topological polar surface area (TPSA) is 66.8 Å². The maximum atomic E-state index is 10.4. The molecule has 0 amide bonds. The summed E-state index contributed by atoms with van der Waals surface area (Å²) in [7, 11) is -4.48. The van der Waals surface area contributed by atoms with E-state index in [0.717, 1.165) is 0 Å². The molecule has 8 heteroatoms. The Labute approximate surface area is 91.4 Å². The van der Waals surface area contributed by atoms with Gasteiger partial charge in [-0.2, -0.15) is 0 Å². The van der Waals surface area contributed by atoms with Gasteiger partial charge in [-0.25, -0.2) is 4.57 Å². The minimum Gasteiger partial charge on any atom is -0.303 e. The summed E-state index contributed by atoms with van der Waals surface area (Å²) in [4.78, 5) is 16.9. The van der Waals surface area contributed by atoms with Crippen LogP contribution in [0.1, 0.15) is 0 Å². The first-order chi connectivity index (χ1) is 5.89. The van der Waals surface area contributed by atoms with Crippen LogP contribution in [0.5, 0.6) is 0 Å². The van der Waals surface area contributed by atoms with E-state index in [2.05, 4.69) is 4.52 Å². The monoisotopic (exact) mass is 270 g/mol. The molecule has 13 heavy (non-hydrogen) atoms. The van der Waals surface area contributed by atoms with Crippen LogP contribution in [0.15, 0.2) is 0 Å². The maximum absolute atomic E-state index is 10.4. The van der Waals surface area contributed by atoms with Gasteiger partial charge in [0, 0.05) is 23.1 Å². The van der Waals surface area contributed by atoms with Gasteiger partial charge in [0.05, 0.1) is 6.61 Å². The molecule has 0 fully saturated rings. The number of hydrogen-bond acceptors (Lipinski definition) is 2. The number of phosphoric acid groups is 1. The molecule has 0 aliphatic rings. The smallest absolute Gasteiger partial charge is 0.303 e. The predicted octanol–water partition coefficient (Wildman–Crippen LogP) is 1.80. The SMILES string of the molecule is O=P(O)(O)OCC(CCl)(CCl)CCl. The van der Waals surface area contributed by atoms with Crippen LogP contribution in [0.4, 0.5) is 0 Å². The first-order valence-corrected chi connectivity index (χ1v) is 6.40. The van der Waals surface area contributed by atoms with Crippen LogP contribution >= 0.6 is 42.6 Å². The van der Waals surface area contributed by atoms with Crippen molar-refractivity contribution in [3.63, 3.8) is 0 Å². The van der Waals surface area contributed by atoms with Gasteiger partial charge >= 0.3 is 7.82 Å². The van der Waals surface area contributed by atoms with E-state index in [1.165, 1.54) is 0 Å². The Bertz CT molecular complexity index is 182. The van der Waals surface area contributed by atoms with Gasteiger partial charge in [0.25, 0.3) is 0 Å². The molecule has 0 aromatic carbocycles. The molecule has 2 N–H and O–H groups in total. The zero-order chi connectivity index (χ0) is 10.5. The second-order valence-corrected chi connectivity index (χ2v) is 4.71. The summed E-state index contributed by atoms with van der Waals surface area (Å²) in [5, 5.41) is 0. The standard InChI is InChI=1S/C5H10Cl3O4P/c6-1-5(2-7,3-8)4-12-13(9,10)11/h1-4H2,(H2,9,10,11). The lowest BCUT2D eigenvalue weighted by Crippen LogP contribution is -2.32. The van der Waals surface area contributed by atoms with Gasteiger partial charge in [-0.1, -0.05) is 0 Å². The van der Waals surface area contributed by atoms with Crippen molar-refractivity contribution in [1.29, 1.82) is 0 Å². The lowest BCUT2D eigenvalue weighted by Gasteiger charge is -2.26. The molecule has 0 saturated heterocycles. The average Bonchev–Trinajstić information content (AvgIpc) is 2.06. The predicted molar refractivity (Wildman–Crippen MR) is 52.6 cm³/mol. The maximum Gasteiger partial charge on any atom is 0.469 e. The Hall–Kier alpha value is 0.980. The summed E-state index contributed by atoms with van der Waals surface area (Å²) >= 11 is 16.7. The van der Waals surface area contributed by atoms with Gasteiger partial charge in [-0.3, -0.25) is 4.52 Å². The Balaban J connectivity index is 4.19. The van der Waals surface area contributed by atoms with Crippen molar-refractivity contribution >= 4 is 42.6 Å². The largest absolute Gasteiger partial charge is 0.469 e. The van der Waals surface area contributed by atoms with Crippen molar-refractivity contribution in [2.75, 3.05) is 24.2 Å². The second-order valence-electron chi connectivity index (χ2n) is 2.66. The van der Waals surface area contributed by atoms with E-state index >= 15 is 0 Å². The van der Waals surface area contributed by atoms with Crippen molar-refractivity contribution in [2.24, 2.45) is 5.41 Å². The minimum atomic E-state index is -4.48. The van der Waals surface area contributed by atoms with Gasteiger partial charge in [0.1, 0.15) is 0 Å². The molecule has 80 valence electrons. The Morgan fingerprint density at radius 2 is 1.54 bits per heavy atom. The zero-order valence-corrected chi connectivity index (χ0v) is 9.78. The molecule has 0 saturated carbocycles. The van der Waals surface area contributed by atoms with E-state index in [9.17, 15) is 4.57 Å². The van der Waals surface area contributed by atoms with Gasteiger partial charge in [0.15, 0.2) is 0 Å². The third-order valence-electron chi connectivity index (χ3n) is 1.39. The third kappa shape index (κ3) is 5.43. The normalized spacial score (nSPS) is 13.3. The summed E-state index contributed by atoms with van der Waals surface area (Å²) in [6, 6.07) is 0. The quantitative estimate of drug-likeness (QED) is 0.571. The molecule has 4 nitrogen and oxygen atoms in total. The number of hydrogen-bond donors (Lipinski definition) is 2. The summed E-state index contributed by atoms with van der Waals surface area (Å²) < 4.78 is 14.6. The molecule has 0 aliphatic heterocycles. The van der Waals surface area contributed by atoms with Crippen LogP contribution < -0.4 is 0 Å². The van der Waals surface area contributed by atoms with Crippen LogP contribution in [-0.4, -0.2) is 34.0 Å². The van der Waals surface area contributed by atoms with Crippen LogP contribution in [-0.2, 0) is 9.09 Å². The molecule has 0 heterocycles. The van der Waals surface area contributed by atoms with E-state index in [1.807, 2.05) is 0 Å². The van der Waals surface area contributed by atoms with Crippen molar-refractivity contribution in [3.8, 4) is 0 Å². The molecule has 0 radical (unpaired) electrons. The molecule has 0 unspecified atom stereocenters. The van der Waals surface area contributed by atoms with Crippen LogP contribution in [0.3, 0.4) is 0 Å². The highest BCUT2D eigenvalue weighted by Crippen LogP contribution is 2.39. The van der Waals surface area contributed by atoms with Crippen molar-refractivity contribution in [3.05, 3.63) is 0 Å². The summed E-state index contributed by atoms with van der Waals surface area (Å²) in [5.74, 6) is 0.250. The Morgan fingerprint density at radius 1 is 1.15 bits per heavy atom. The zero-order valence-electron chi connectivity index (χ0n) is 6.62. The lowest BCUT2D eigenvalue weighted by atomic mass is 9.98. The molecule has 0 aliphatic carbocycles. The van der Waals surface area contributed by atoms with Gasteiger partial charge < -0.3 is 9.79 Å². The first kappa shape index (κ1) is 14.0. The Kier molecular flexibility index (Phi) is 6.20. The number of rotatable bonds is 6. The van der Waals surface area contributed by atoms with E-state index in [4.69, 9.17) is 44.6 Å². The van der Waals surface area contributed by atoms with Crippen molar-refractivity contribution in [2.45, 2.75) is 0 Å². The molecule has 0 spiro atoms. The van der Waals surface area contributed by atoms with Crippen molar-refractivity contribution in [1.82, 2.24) is 0 Å². The van der Waals surface area contributed by atoms with Crippen molar-refractivity contribution < 1.29 is 18.9 Å². The van der Waals surface area contributed by atoms with E-state index in [-0.39, 0.29) is 24.2 Å². The van der Waals surface area contributed by atoms with Crippen LogP contribution in [0.2, 0.25) is 0 Å². The van der Waals surface area contributed by atoms with Gasteiger partial charge in [-0.15, -0.1) is 34.8 Å². The summed E-state index contributed by atoms with van der Waals surface area (Å²) in [6.07, 6.45) is 0. The highest BCUT2D eigenvalue weighted by Gasteiger charge is 2.31. The first-order valence-electron chi connectivity index (χ1n) is 3.27. The second kappa shape index (κ2) is 5.76. The van der Waals surface area contributed by atoms with Crippen LogP contribution in [0.25, 0.3) is 0 Å². The summed E-state index contributed by atoms with van der Waals surface area (Å²) in [6.45, 7) is -0.256. The van der Waals surface area contributed by atoms with Crippen LogP contribution in [0, 0.1) is 5.41 Å². The van der Waals surface area contributed by atoms with Gasteiger partial charge in [-0.05, 0) is 0 Å². The van der Waals surface area contributed by atoms with E-state index in [1.54, 1.807) is 0 Å². The number of halogens is 3. The molecular formula is C5H10Cl3O4P. The highest BCUT2D eigenvalue weighted by atomic mass is 35.5. The third-order valence-corrected chi connectivity index (χ3v) is 3.56. The number of alkyl halides is 3. The average molecular weight is 271 g/mol. The van der Waals surface area contributed by atoms with Gasteiger partial charge in [0.2, 0.25) is 0 Å². The number of phosphoric ester groups is 1. The molecule has 0 rings (SSSR count). The molecule has 0 aromatic heterocycles. The summed E-state index contributed by atoms with van der Waals surface area (Å²) in [5.41, 5.74) is -0.786. The van der Waals surface area contributed by atoms with E-state index in [0.29, 0.717) is 0 Å². The highest BCUT2D eigenvalue weighted by molar-refractivity contribution is 7.46. The molecule has 0 bridgehead atoms. The Morgan fingerprint density at radius 3 is 1.77 bits per heavy atom. The fourth-order valence-corrected chi connectivity index (χ4v) is 1.97. The minimum absolute atomic E-state index is 0.0833. The fraction of sp³-hybridized carbons (Fsp3) is 1.00. The molecule has 0 atom stereocenters. The molecule has 0 aromatic rings. The van der Waals surface area contributed by atoms with E-state index < -0.39 is 13.2 Å². The molecular weight excluding hydrogens is 261 g/mol.